The number of methoxy groups -OCH3 is 1. The van der Waals surface area contributed by atoms with Crippen LogP contribution in [0.2, 0.25) is 0 Å². The third-order valence-electron chi connectivity index (χ3n) is 6.07. The van der Waals surface area contributed by atoms with Crippen molar-refractivity contribution < 1.29 is 13.9 Å². The number of aromatic nitrogens is 4. The van der Waals surface area contributed by atoms with Crippen LogP contribution in [0.1, 0.15) is 28.2 Å². The zero-order valence-corrected chi connectivity index (χ0v) is 17.8. The molecule has 0 saturated carbocycles. The Kier molecular flexibility index (Phi) is 5.13. The summed E-state index contributed by atoms with van der Waals surface area (Å²) in [6.45, 7) is 2.97. The van der Waals surface area contributed by atoms with Gasteiger partial charge in [0.05, 0.1) is 24.6 Å². The second-order valence-corrected chi connectivity index (χ2v) is 8.13. The van der Waals surface area contributed by atoms with Crippen molar-refractivity contribution in [3.8, 4) is 17.3 Å². The van der Waals surface area contributed by atoms with Crippen molar-refractivity contribution in [2.24, 2.45) is 11.8 Å². The quantitative estimate of drug-likeness (QED) is 0.628. The third-order valence-corrected chi connectivity index (χ3v) is 6.07. The maximum Gasteiger partial charge on any atom is 0.257 e. The van der Waals surface area contributed by atoms with Gasteiger partial charge in [-0.3, -0.25) is 4.79 Å². The number of fused-ring (bicyclic) bond motifs is 1. The molecule has 2 aliphatic rings. The van der Waals surface area contributed by atoms with E-state index < -0.39 is 5.82 Å². The predicted octanol–water partition coefficient (Wildman–Crippen LogP) is 3.57. The second-order valence-electron chi connectivity index (χ2n) is 8.13. The highest BCUT2D eigenvalue weighted by atomic mass is 19.1. The number of ether oxygens (including phenoxy) is 1. The van der Waals surface area contributed by atoms with Gasteiger partial charge in [0.2, 0.25) is 5.88 Å². The molecule has 2 unspecified atom stereocenters. The molecule has 3 aromatic rings. The van der Waals surface area contributed by atoms with Crippen LogP contribution < -0.4 is 4.74 Å². The summed E-state index contributed by atoms with van der Waals surface area (Å²) >= 11 is 0. The van der Waals surface area contributed by atoms with E-state index in [2.05, 4.69) is 26.0 Å². The molecule has 1 aliphatic heterocycles. The van der Waals surface area contributed by atoms with Crippen molar-refractivity contribution in [2.75, 3.05) is 20.2 Å². The van der Waals surface area contributed by atoms with E-state index in [4.69, 9.17) is 4.74 Å². The number of carbonyl (C=O) groups excluding carboxylic acids is 1. The fourth-order valence-electron chi connectivity index (χ4n) is 4.60. The van der Waals surface area contributed by atoms with Crippen LogP contribution in [0.25, 0.3) is 17.0 Å². The number of hydrogen-bond acceptors (Lipinski definition) is 6. The fourth-order valence-corrected chi connectivity index (χ4v) is 4.60. The smallest absolute Gasteiger partial charge is 0.257 e. The minimum atomic E-state index is -0.562. The molecule has 7 nitrogen and oxygen atoms in total. The average Bonchev–Trinajstić information content (AvgIpc) is 3.38. The molecular weight excluding hydrogens is 409 g/mol. The molecule has 162 valence electrons. The van der Waals surface area contributed by atoms with Crippen LogP contribution in [0.15, 0.2) is 48.9 Å². The van der Waals surface area contributed by atoms with Crippen LogP contribution in [0.4, 0.5) is 4.39 Å². The Labute approximate surface area is 185 Å². The van der Waals surface area contributed by atoms with E-state index in [1.54, 1.807) is 48.8 Å². The molecule has 1 amide bonds. The Morgan fingerprint density at radius 2 is 1.97 bits per heavy atom. The van der Waals surface area contributed by atoms with Gasteiger partial charge in [0, 0.05) is 31.0 Å². The number of amides is 1. The average molecular weight is 431 g/mol. The van der Waals surface area contributed by atoms with E-state index in [0.717, 1.165) is 23.4 Å². The molecule has 1 saturated heterocycles. The Bertz CT molecular complexity index is 1210. The number of likely N-dealkylation sites (tertiary alicyclic amines) is 1. The topological polar surface area (TPSA) is 81.1 Å². The highest BCUT2D eigenvalue weighted by Crippen LogP contribution is 2.43. The van der Waals surface area contributed by atoms with Gasteiger partial charge in [0.1, 0.15) is 11.5 Å². The maximum absolute atomic E-state index is 14.8. The van der Waals surface area contributed by atoms with Crippen LogP contribution in [-0.2, 0) is 0 Å². The highest BCUT2D eigenvalue weighted by molar-refractivity contribution is 6.00. The van der Waals surface area contributed by atoms with Crippen molar-refractivity contribution in [1.29, 1.82) is 0 Å². The Hall–Kier alpha value is -3.68. The molecule has 0 bridgehead atoms. The molecule has 1 aliphatic carbocycles. The fraction of sp³-hybridized carbons (Fsp3) is 0.292. The van der Waals surface area contributed by atoms with E-state index in [9.17, 15) is 9.18 Å². The normalized spacial score (nSPS) is 19.6. The highest BCUT2D eigenvalue weighted by Gasteiger charge is 2.40. The van der Waals surface area contributed by atoms with Gasteiger partial charge in [-0.05, 0) is 42.9 Å². The predicted molar refractivity (Wildman–Crippen MR) is 116 cm³/mol. The molecule has 8 heteroatoms. The zero-order chi connectivity index (χ0) is 22.2. The molecule has 32 heavy (non-hydrogen) atoms. The summed E-state index contributed by atoms with van der Waals surface area (Å²) < 4.78 is 20.2. The van der Waals surface area contributed by atoms with Gasteiger partial charge in [-0.15, -0.1) is 0 Å². The molecule has 0 N–H and O–H groups in total. The van der Waals surface area contributed by atoms with Gasteiger partial charge in [-0.2, -0.15) is 0 Å². The second kappa shape index (κ2) is 8.11. The Balaban J connectivity index is 1.41. The summed E-state index contributed by atoms with van der Waals surface area (Å²) in [6.07, 6.45) is 7.77. The van der Waals surface area contributed by atoms with Crippen molar-refractivity contribution in [3.05, 3.63) is 71.7 Å². The number of benzene rings is 1. The molecule has 2 atom stereocenters. The van der Waals surface area contributed by atoms with Gasteiger partial charge in [-0.1, -0.05) is 18.2 Å². The summed E-state index contributed by atoms with van der Waals surface area (Å²) in [4.78, 5) is 32.4. The number of rotatable bonds is 4. The summed E-state index contributed by atoms with van der Waals surface area (Å²) in [5.74, 6) is 0.389. The van der Waals surface area contributed by atoms with Crippen molar-refractivity contribution in [2.45, 2.75) is 13.3 Å². The van der Waals surface area contributed by atoms with E-state index in [0.29, 0.717) is 30.4 Å². The lowest BCUT2D eigenvalue weighted by Crippen LogP contribution is -2.30. The minimum Gasteiger partial charge on any atom is -0.479 e. The number of carbonyl (C=O) groups is 1. The van der Waals surface area contributed by atoms with Gasteiger partial charge >= 0.3 is 0 Å². The lowest BCUT2D eigenvalue weighted by atomic mass is 9.99. The molecule has 3 heterocycles. The molecule has 5 rings (SSSR count). The van der Waals surface area contributed by atoms with Gasteiger partial charge in [0.25, 0.3) is 5.91 Å². The first-order chi connectivity index (χ1) is 15.5. The first-order valence-corrected chi connectivity index (χ1v) is 10.5. The van der Waals surface area contributed by atoms with Crippen LogP contribution in [0.5, 0.6) is 5.88 Å². The number of nitrogens with zero attached hydrogens (tertiary/aromatic N) is 5. The molecular formula is C24H22FN5O2. The van der Waals surface area contributed by atoms with Crippen LogP contribution in [0, 0.1) is 24.6 Å². The van der Waals surface area contributed by atoms with Gasteiger partial charge < -0.3 is 9.64 Å². The minimum absolute atomic E-state index is 0.0223. The number of aryl methyl sites for hydroxylation is 1. The Morgan fingerprint density at radius 3 is 2.72 bits per heavy atom. The molecule has 1 aromatic carbocycles. The van der Waals surface area contributed by atoms with E-state index in [1.807, 2.05) is 6.92 Å². The van der Waals surface area contributed by atoms with E-state index in [-0.39, 0.29) is 23.3 Å². The van der Waals surface area contributed by atoms with Crippen molar-refractivity contribution in [1.82, 2.24) is 24.8 Å². The number of hydrogen-bond donors (Lipinski definition) is 0. The molecule has 1 fully saturated rings. The van der Waals surface area contributed by atoms with E-state index in [1.165, 1.54) is 6.07 Å². The van der Waals surface area contributed by atoms with Crippen molar-refractivity contribution >= 4 is 11.5 Å². The van der Waals surface area contributed by atoms with Crippen LogP contribution in [0.3, 0.4) is 0 Å². The largest absolute Gasteiger partial charge is 0.479 e. The molecule has 0 spiro atoms. The standard InChI is InChI=1S/C24H22FN5O2/c1-14-11-28-23(32-2)21(29-14)15-9-16-12-30(13-17(16)10-15)24(31)20-18(5-3-6-19(20)25)22-26-7-4-8-27-22/h3-9,11,16-17H,10,12-13H2,1-2H3. The third kappa shape index (κ3) is 3.51. The molecule has 0 radical (unpaired) electrons. The SMILES string of the molecule is COc1ncc(C)nc1C1=CC2CN(C(=O)c3c(F)cccc3-c3ncccn3)CC2C1. The Morgan fingerprint density at radius 1 is 1.16 bits per heavy atom. The lowest BCUT2D eigenvalue weighted by molar-refractivity contribution is 0.0781. The van der Waals surface area contributed by atoms with Crippen LogP contribution >= 0.6 is 0 Å². The summed E-state index contributed by atoms with van der Waals surface area (Å²) in [7, 11) is 1.59. The number of allylic oxidation sites excluding steroid dienone is 1. The molecule has 2 aromatic heterocycles. The first kappa shape index (κ1) is 20.2. The summed E-state index contributed by atoms with van der Waals surface area (Å²) in [6, 6.07) is 6.24. The lowest BCUT2D eigenvalue weighted by Gasteiger charge is -2.19. The number of halogens is 1. The zero-order valence-electron chi connectivity index (χ0n) is 17.8. The van der Waals surface area contributed by atoms with E-state index >= 15 is 0 Å². The van der Waals surface area contributed by atoms with Gasteiger partial charge in [-0.25, -0.2) is 24.3 Å². The van der Waals surface area contributed by atoms with Crippen molar-refractivity contribution in [3.63, 3.8) is 0 Å². The summed E-state index contributed by atoms with van der Waals surface area (Å²) in [5.41, 5.74) is 3.10. The first-order valence-electron chi connectivity index (χ1n) is 10.5. The van der Waals surface area contributed by atoms with Gasteiger partial charge in [0.15, 0.2) is 5.82 Å². The monoisotopic (exact) mass is 431 g/mol. The van der Waals surface area contributed by atoms with Crippen LogP contribution in [-0.4, -0.2) is 50.9 Å². The maximum atomic E-state index is 14.8. The summed E-state index contributed by atoms with van der Waals surface area (Å²) in [5, 5.41) is 0.